The molecule has 0 saturated heterocycles. The molecule has 0 bridgehead atoms. The van der Waals surface area contributed by atoms with E-state index in [1.807, 2.05) is 25.1 Å². The fourth-order valence-corrected chi connectivity index (χ4v) is 5.07. The Balaban J connectivity index is 1.73. The third-order valence-electron chi connectivity index (χ3n) is 6.62. The summed E-state index contributed by atoms with van der Waals surface area (Å²) >= 11 is 0. The number of ether oxygens (including phenoxy) is 1. The van der Waals surface area contributed by atoms with Gasteiger partial charge in [-0.2, -0.15) is 0 Å². The monoisotopic (exact) mass is 466 g/mol. The molecule has 0 radical (unpaired) electrons. The van der Waals surface area contributed by atoms with Crippen molar-refractivity contribution >= 4 is 16.9 Å². The van der Waals surface area contributed by atoms with E-state index in [1.165, 1.54) is 0 Å². The number of nitrogens with one attached hydrogen (secondary N) is 1. The predicted octanol–water partition coefficient (Wildman–Crippen LogP) is 3.53. The van der Waals surface area contributed by atoms with Crippen molar-refractivity contribution in [3.63, 3.8) is 0 Å². The maximum atomic E-state index is 13.0. The smallest absolute Gasteiger partial charge is 0.327 e. The van der Waals surface area contributed by atoms with Crippen molar-refractivity contribution in [2.75, 3.05) is 6.61 Å². The van der Waals surface area contributed by atoms with Crippen LogP contribution in [0, 0.1) is 12.8 Å². The first-order chi connectivity index (χ1) is 16.4. The van der Waals surface area contributed by atoms with Crippen LogP contribution >= 0.6 is 0 Å². The van der Waals surface area contributed by atoms with E-state index in [9.17, 15) is 9.59 Å². The van der Waals surface area contributed by atoms with Gasteiger partial charge in [-0.25, -0.2) is 4.68 Å². The highest BCUT2D eigenvalue weighted by atomic mass is 16.5. The van der Waals surface area contributed by atoms with Crippen molar-refractivity contribution in [3.05, 3.63) is 51.6 Å². The zero-order chi connectivity index (χ0) is 24.2. The van der Waals surface area contributed by atoms with Gasteiger partial charge in [-0.15, -0.1) is 5.10 Å². The highest BCUT2D eigenvalue weighted by Crippen LogP contribution is 2.35. The van der Waals surface area contributed by atoms with Gasteiger partial charge in [0, 0.05) is 23.7 Å². The molecule has 4 rings (SSSR count). The minimum Gasteiger partial charge on any atom is -0.465 e. The Morgan fingerprint density at radius 1 is 1.26 bits per heavy atom. The summed E-state index contributed by atoms with van der Waals surface area (Å²) in [6.07, 6.45) is 4.44. The number of aryl methyl sites for hydroxylation is 1. The van der Waals surface area contributed by atoms with Gasteiger partial charge in [0.15, 0.2) is 5.82 Å². The van der Waals surface area contributed by atoms with Gasteiger partial charge < -0.3 is 9.72 Å². The van der Waals surface area contributed by atoms with E-state index < -0.39 is 0 Å². The number of carbonyl (C=O) groups is 1. The molecule has 1 atom stereocenters. The Morgan fingerprint density at radius 3 is 2.74 bits per heavy atom. The van der Waals surface area contributed by atoms with Crippen molar-refractivity contribution in [3.8, 4) is 0 Å². The van der Waals surface area contributed by atoms with Crippen LogP contribution in [0.5, 0.6) is 0 Å². The highest BCUT2D eigenvalue weighted by Gasteiger charge is 2.35. The molecule has 1 aliphatic rings. The van der Waals surface area contributed by atoms with Gasteiger partial charge in [0.05, 0.1) is 12.6 Å². The largest absolute Gasteiger partial charge is 0.465 e. The Hall–Kier alpha value is -3.07. The number of H-pyrrole nitrogens is 1. The molecule has 0 amide bonds. The minimum absolute atomic E-state index is 0.0340. The van der Waals surface area contributed by atoms with E-state index in [1.54, 1.807) is 11.6 Å². The number of nitrogens with zero attached hydrogens (tertiary/aromatic N) is 5. The number of esters is 1. The third kappa shape index (κ3) is 5.19. The van der Waals surface area contributed by atoms with E-state index in [4.69, 9.17) is 4.74 Å². The molecule has 1 unspecified atom stereocenters. The summed E-state index contributed by atoms with van der Waals surface area (Å²) in [5, 5.41) is 13.3. The summed E-state index contributed by atoms with van der Waals surface area (Å²) < 4.78 is 6.66. The average molecular weight is 467 g/mol. The predicted molar refractivity (Wildman–Crippen MR) is 129 cm³/mol. The molecule has 1 fully saturated rings. The van der Waals surface area contributed by atoms with Gasteiger partial charge in [-0.1, -0.05) is 38.3 Å². The summed E-state index contributed by atoms with van der Waals surface area (Å²) in [5.74, 6) is 0.421. The zero-order valence-corrected chi connectivity index (χ0v) is 20.5. The lowest BCUT2D eigenvalue weighted by Gasteiger charge is -2.37. The van der Waals surface area contributed by atoms with Crippen molar-refractivity contribution in [1.29, 1.82) is 0 Å². The summed E-state index contributed by atoms with van der Waals surface area (Å²) in [6, 6.07) is 8.20. The van der Waals surface area contributed by atoms with E-state index in [0.717, 1.165) is 47.7 Å². The molecule has 9 nitrogen and oxygen atoms in total. The van der Waals surface area contributed by atoms with E-state index in [2.05, 4.69) is 45.3 Å². The summed E-state index contributed by atoms with van der Waals surface area (Å²) in [4.78, 5) is 30.6. The molecule has 1 aromatic carbocycles. The van der Waals surface area contributed by atoms with Gasteiger partial charge in [0.25, 0.3) is 5.56 Å². The normalized spacial score (nSPS) is 15.5. The van der Waals surface area contributed by atoms with Gasteiger partial charge in [-0.3, -0.25) is 14.5 Å². The number of pyridine rings is 1. The highest BCUT2D eigenvalue weighted by molar-refractivity contribution is 5.79. The lowest BCUT2D eigenvalue weighted by atomic mass is 9.97. The second kappa shape index (κ2) is 10.5. The standard InChI is InChI=1S/C25H34N6O3/c1-5-34-22(32)15-31-24(27-28-29-31)23(16(2)3)30(20-8-6-7-9-20)14-19-13-18-12-17(4)10-11-21(18)26-25(19)33/h10-13,16,20,23H,5-9,14-15H2,1-4H3,(H,26,33). The topological polar surface area (TPSA) is 106 Å². The molecule has 2 aromatic heterocycles. The van der Waals surface area contributed by atoms with Crippen LogP contribution in [0.2, 0.25) is 0 Å². The molecule has 0 aliphatic heterocycles. The van der Waals surface area contributed by atoms with E-state index in [0.29, 0.717) is 25.0 Å². The van der Waals surface area contributed by atoms with Crippen LogP contribution in [0.3, 0.4) is 0 Å². The van der Waals surface area contributed by atoms with Crippen LogP contribution in [-0.2, 0) is 22.6 Å². The molecule has 1 N–H and O–H groups in total. The lowest BCUT2D eigenvalue weighted by Crippen LogP contribution is -2.41. The fraction of sp³-hybridized carbons (Fsp3) is 0.560. The third-order valence-corrected chi connectivity index (χ3v) is 6.62. The first-order valence-electron chi connectivity index (χ1n) is 12.2. The van der Waals surface area contributed by atoms with Gasteiger partial charge >= 0.3 is 5.97 Å². The molecule has 182 valence electrons. The van der Waals surface area contributed by atoms with Crippen LogP contribution in [0.25, 0.3) is 10.9 Å². The quantitative estimate of drug-likeness (QED) is 0.481. The second-order valence-electron chi connectivity index (χ2n) is 9.51. The van der Waals surface area contributed by atoms with Crippen molar-refractivity contribution in [2.45, 2.75) is 78.6 Å². The molecule has 2 heterocycles. The number of aromatic nitrogens is 5. The molecular formula is C25H34N6O3. The van der Waals surface area contributed by atoms with Crippen molar-refractivity contribution in [2.24, 2.45) is 5.92 Å². The second-order valence-corrected chi connectivity index (χ2v) is 9.51. The van der Waals surface area contributed by atoms with Crippen LogP contribution < -0.4 is 5.56 Å². The van der Waals surface area contributed by atoms with Crippen LogP contribution in [0.15, 0.2) is 29.1 Å². The molecule has 1 saturated carbocycles. The van der Waals surface area contributed by atoms with E-state index >= 15 is 0 Å². The fourth-order valence-electron chi connectivity index (χ4n) is 5.07. The number of benzene rings is 1. The van der Waals surface area contributed by atoms with Gasteiger partial charge in [0.2, 0.25) is 0 Å². The average Bonchev–Trinajstić information content (AvgIpc) is 3.46. The number of aromatic amines is 1. The SMILES string of the molecule is CCOC(=O)Cn1nnnc1C(C(C)C)N(Cc1cc2cc(C)ccc2[nH]c1=O)C1CCCC1. The number of hydrogen-bond donors (Lipinski definition) is 1. The molecular weight excluding hydrogens is 432 g/mol. The van der Waals surface area contributed by atoms with Crippen LogP contribution in [0.4, 0.5) is 0 Å². The maximum Gasteiger partial charge on any atom is 0.327 e. The van der Waals surface area contributed by atoms with Gasteiger partial charge in [0.1, 0.15) is 6.54 Å². The van der Waals surface area contributed by atoms with Crippen molar-refractivity contribution < 1.29 is 9.53 Å². The van der Waals surface area contributed by atoms with Crippen molar-refractivity contribution in [1.82, 2.24) is 30.1 Å². The number of fused-ring (bicyclic) bond motifs is 1. The Labute approximate surface area is 199 Å². The van der Waals surface area contributed by atoms with Crippen LogP contribution in [0.1, 0.15) is 69.4 Å². The maximum absolute atomic E-state index is 13.0. The first-order valence-corrected chi connectivity index (χ1v) is 12.2. The molecule has 9 heteroatoms. The number of hydrogen-bond acceptors (Lipinski definition) is 7. The Bertz CT molecular complexity index is 1190. The lowest BCUT2D eigenvalue weighted by molar-refractivity contribution is -0.144. The van der Waals surface area contributed by atoms with Gasteiger partial charge in [-0.05, 0) is 66.6 Å². The Morgan fingerprint density at radius 2 is 2.03 bits per heavy atom. The molecule has 1 aliphatic carbocycles. The minimum atomic E-state index is -0.368. The molecule has 34 heavy (non-hydrogen) atoms. The summed E-state index contributed by atoms with van der Waals surface area (Å²) in [7, 11) is 0. The van der Waals surface area contributed by atoms with E-state index in [-0.39, 0.29) is 30.0 Å². The number of carbonyl (C=O) groups excluding carboxylic acids is 1. The summed E-state index contributed by atoms with van der Waals surface area (Å²) in [5.41, 5.74) is 2.63. The zero-order valence-electron chi connectivity index (χ0n) is 20.5. The summed E-state index contributed by atoms with van der Waals surface area (Å²) in [6.45, 7) is 8.84. The van der Waals surface area contributed by atoms with Crippen LogP contribution in [-0.4, -0.2) is 48.7 Å². The first kappa shape index (κ1) is 24.1. The molecule has 0 spiro atoms. The number of tetrazole rings is 1. The Kier molecular flexibility index (Phi) is 7.41. The number of rotatable bonds is 9. The molecule has 3 aromatic rings.